The molecule has 11 nitrogen and oxygen atoms in total. The molecular formula is C22H26F2N6O5. The van der Waals surface area contributed by atoms with E-state index >= 15 is 0 Å². The van der Waals surface area contributed by atoms with Crippen molar-refractivity contribution >= 4 is 17.5 Å². The summed E-state index contributed by atoms with van der Waals surface area (Å²) in [5.41, 5.74) is 0.571. The molecule has 0 aliphatic rings. The molecule has 1 aromatic carbocycles. The summed E-state index contributed by atoms with van der Waals surface area (Å²) >= 11 is 0. The molecule has 188 valence electrons. The Hall–Kier alpha value is -3.84. The first kappa shape index (κ1) is 25.8. The predicted molar refractivity (Wildman–Crippen MR) is 120 cm³/mol. The van der Waals surface area contributed by atoms with Crippen LogP contribution in [-0.2, 0) is 24.4 Å². The lowest BCUT2D eigenvalue weighted by Crippen LogP contribution is -2.41. The highest BCUT2D eigenvalue weighted by Gasteiger charge is 2.19. The predicted octanol–water partition coefficient (Wildman–Crippen LogP) is 1.31. The fourth-order valence-electron chi connectivity index (χ4n) is 3.08. The molecule has 3 rings (SSSR count). The Bertz CT molecular complexity index is 1110. The number of carbonyl (C=O) groups is 1. The van der Waals surface area contributed by atoms with Crippen molar-refractivity contribution in [2.45, 2.75) is 32.5 Å². The number of amides is 1. The van der Waals surface area contributed by atoms with Crippen molar-refractivity contribution in [2.75, 3.05) is 25.6 Å². The lowest BCUT2D eigenvalue weighted by atomic mass is 10.1. The third-order valence-electron chi connectivity index (χ3n) is 4.95. The van der Waals surface area contributed by atoms with Gasteiger partial charge in [-0.3, -0.25) is 9.48 Å². The zero-order valence-electron chi connectivity index (χ0n) is 19.2. The number of aryl methyl sites for hydroxylation is 1. The molecular weight excluding hydrogens is 466 g/mol. The van der Waals surface area contributed by atoms with E-state index in [1.807, 2.05) is 0 Å². The first-order valence-corrected chi connectivity index (χ1v) is 10.7. The van der Waals surface area contributed by atoms with Crippen molar-refractivity contribution in [3.8, 4) is 11.5 Å². The second-order valence-corrected chi connectivity index (χ2v) is 7.41. The third-order valence-corrected chi connectivity index (χ3v) is 4.95. The molecule has 13 heteroatoms. The van der Waals surface area contributed by atoms with Crippen molar-refractivity contribution in [3.05, 3.63) is 53.6 Å². The van der Waals surface area contributed by atoms with Gasteiger partial charge >= 0.3 is 0 Å². The molecule has 2 heterocycles. The van der Waals surface area contributed by atoms with Gasteiger partial charge in [-0.2, -0.15) is 5.10 Å². The molecule has 0 aliphatic heterocycles. The number of benzene rings is 1. The second-order valence-electron chi connectivity index (χ2n) is 7.41. The van der Waals surface area contributed by atoms with E-state index in [-0.39, 0.29) is 49.4 Å². The number of nitrogens with zero attached hydrogens (tertiary/aromatic N) is 4. The van der Waals surface area contributed by atoms with Crippen molar-refractivity contribution in [1.29, 1.82) is 0 Å². The molecule has 0 saturated heterocycles. The normalized spacial score (nSPS) is 10.9. The number of methoxy groups -OCH3 is 1. The number of aliphatic hydroxyl groups is 2. The number of rotatable bonds is 12. The van der Waals surface area contributed by atoms with E-state index < -0.39 is 23.6 Å². The van der Waals surface area contributed by atoms with Crippen LogP contribution in [0.1, 0.15) is 18.1 Å². The molecule has 4 N–H and O–H groups in total. The number of ether oxygens (including phenoxy) is 2. The fraction of sp³-hybridized carbons (Fsp3) is 0.364. The fourth-order valence-corrected chi connectivity index (χ4v) is 3.08. The Labute approximate surface area is 199 Å². The van der Waals surface area contributed by atoms with Crippen molar-refractivity contribution in [2.24, 2.45) is 0 Å². The third kappa shape index (κ3) is 6.61. The molecule has 0 atom stereocenters. The van der Waals surface area contributed by atoms with Gasteiger partial charge in [0.05, 0.1) is 56.2 Å². The summed E-state index contributed by atoms with van der Waals surface area (Å²) in [5.74, 6) is -1.59. The lowest BCUT2D eigenvalue weighted by Gasteiger charge is -2.13. The largest absolute Gasteiger partial charge is 0.494 e. The van der Waals surface area contributed by atoms with Crippen LogP contribution in [0.2, 0.25) is 0 Å². The number of aliphatic hydroxyl groups excluding tert-OH is 2. The summed E-state index contributed by atoms with van der Waals surface area (Å²) in [5, 5.41) is 27.4. The first-order chi connectivity index (χ1) is 16.9. The van der Waals surface area contributed by atoms with Gasteiger partial charge in [0.25, 0.3) is 0 Å². The van der Waals surface area contributed by atoms with Gasteiger partial charge in [-0.05, 0) is 18.1 Å². The zero-order valence-corrected chi connectivity index (χ0v) is 19.2. The van der Waals surface area contributed by atoms with Crippen LogP contribution in [0.5, 0.6) is 11.5 Å². The van der Waals surface area contributed by atoms with E-state index in [0.29, 0.717) is 17.7 Å². The highest BCUT2D eigenvalue weighted by molar-refractivity contribution is 5.76. The number of anilines is 2. The Balaban J connectivity index is 1.59. The molecule has 2 aromatic heterocycles. The molecule has 0 unspecified atom stereocenters. The number of halogens is 2. The first-order valence-electron chi connectivity index (χ1n) is 10.7. The SMILES string of the molecule is CCc1cc(OC)c(F)c(COc2cnc(Nc3cnn(CC(=O)NC(CO)CO)c3)nc2)c1F. The number of hydrogen-bond donors (Lipinski definition) is 4. The summed E-state index contributed by atoms with van der Waals surface area (Å²) in [6.45, 7) is 0.494. The van der Waals surface area contributed by atoms with E-state index in [0.717, 1.165) is 0 Å². The van der Waals surface area contributed by atoms with Gasteiger partial charge in [0.2, 0.25) is 11.9 Å². The Morgan fingerprint density at radius 2 is 1.89 bits per heavy atom. The molecule has 0 radical (unpaired) electrons. The van der Waals surface area contributed by atoms with Crippen LogP contribution in [0.3, 0.4) is 0 Å². The summed E-state index contributed by atoms with van der Waals surface area (Å²) in [7, 11) is 1.31. The standard InChI is InChI=1S/C22H26F2N6O5/c1-3-13-4-18(34-2)21(24)17(20(13)23)12-35-16-6-25-22(26-7-16)29-14-5-27-30(8-14)9-19(33)28-15(10-31)11-32/h4-8,15,31-32H,3,9-12H2,1-2H3,(H,28,33)(H,25,26,29). The smallest absolute Gasteiger partial charge is 0.242 e. The van der Waals surface area contributed by atoms with E-state index in [2.05, 4.69) is 25.7 Å². The highest BCUT2D eigenvalue weighted by Crippen LogP contribution is 2.28. The van der Waals surface area contributed by atoms with E-state index in [1.165, 1.54) is 36.4 Å². The molecule has 0 saturated carbocycles. The van der Waals surface area contributed by atoms with Gasteiger partial charge in [-0.1, -0.05) is 6.92 Å². The maximum atomic E-state index is 14.6. The van der Waals surface area contributed by atoms with Gasteiger partial charge in [0.15, 0.2) is 17.3 Å². The van der Waals surface area contributed by atoms with Gasteiger partial charge in [-0.15, -0.1) is 0 Å². The molecule has 0 spiro atoms. The van der Waals surface area contributed by atoms with Crippen molar-refractivity contribution < 1.29 is 33.3 Å². The Morgan fingerprint density at radius 3 is 2.51 bits per heavy atom. The van der Waals surface area contributed by atoms with Crippen LogP contribution < -0.4 is 20.1 Å². The van der Waals surface area contributed by atoms with E-state index in [1.54, 1.807) is 13.1 Å². The maximum Gasteiger partial charge on any atom is 0.242 e. The minimum atomic E-state index is -0.824. The Morgan fingerprint density at radius 1 is 1.17 bits per heavy atom. The van der Waals surface area contributed by atoms with Crippen LogP contribution in [0.25, 0.3) is 0 Å². The second kappa shape index (κ2) is 12.0. The van der Waals surface area contributed by atoms with Crippen LogP contribution in [0.4, 0.5) is 20.4 Å². The number of hydrogen-bond acceptors (Lipinski definition) is 9. The summed E-state index contributed by atoms with van der Waals surface area (Å²) in [6, 6.07) is 0.586. The van der Waals surface area contributed by atoms with E-state index in [4.69, 9.17) is 19.7 Å². The molecule has 3 aromatic rings. The van der Waals surface area contributed by atoms with Crippen LogP contribution in [0.15, 0.2) is 30.9 Å². The van der Waals surface area contributed by atoms with E-state index in [9.17, 15) is 13.6 Å². The average molecular weight is 492 g/mol. The van der Waals surface area contributed by atoms with Crippen molar-refractivity contribution in [1.82, 2.24) is 25.1 Å². The quantitative estimate of drug-likeness (QED) is 0.294. The average Bonchev–Trinajstić information content (AvgIpc) is 3.30. The van der Waals surface area contributed by atoms with Gasteiger partial charge < -0.3 is 30.3 Å². The number of nitrogens with one attached hydrogen (secondary N) is 2. The number of aromatic nitrogens is 4. The zero-order chi connectivity index (χ0) is 25.4. The molecule has 0 bridgehead atoms. The molecule has 0 aliphatic carbocycles. The maximum absolute atomic E-state index is 14.6. The summed E-state index contributed by atoms with van der Waals surface area (Å²) in [6.07, 6.45) is 6.05. The highest BCUT2D eigenvalue weighted by atomic mass is 19.1. The van der Waals surface area contributed by atoms with Gasteiger partial charge in [-0.25, -0.2) is 18.7 Å². The summed E-state index contributed by atoms with van der Waals surface area (Å²) < 4.78 is 40.9. The summed E-state index contributed by atoms with van der Waals surface area (Å²) in [4.78, 5) is 20.1. The van der Waals surface area contributed by atoms with Crippen LogP contribution in [0, 0.1) is 11.6 Å². The lowest BCUT2D eigenvalue weighted by molar-refractivity contribution is -0.123. The molecule has 35 heavy (non-hydrogen) atoms. The molecule has 1 amide bonds. The van der Waals surface area contributed by atoms with Crippen molar-refractivity contribution in [3.63, 3.8) is 0 Å². The topological polar surface area (TPSA) is 144 Å². The van der Waals surface area contributed by atoms with Crippen LogP contribution >= 0.6 is 0 Å². The minimum absolute atomic E-state index is 0.0581. The van der Waals surface area contributed by atoms with Gasteiger partial charge in [0, 0.05) is 6.20 Å². The molecule has 0 fully saturated rings. The van der Waals surface area contributed by atoms with Gasteiger partial charge in [0.1, 0.15) is 19.0 Å². The monoisotopic (exact) mass is 492 g/mol. The van der Waals surface area contributed by atoms with Crippen LogP contribution in [-0.4, -0.2) is 62.2 Å². The Kier molecular flexibility index (Phi) is 8.86. The number of carbonyl (C=O) groups excluding carboxylic acids is 1. The minimum Gasteiger partial charge on any atom is -0.494 e.